The van der Waals surface area contributed by atoms with Crippen LogP contribution < -0.4 is 10.6 Å². The van der Waals surface area contributed by atoms with E-state index in [-0.39, 0.29) is 5.91 Å². The molecule has 4 nitrogen and oxygen atoms in total. The van der Waals surface area contributed by atoms with E-state index in [2.05, 4.69) is 16.7 Å². The number of anilines is 1. The van der Waals surface area contributed by atoms with Crippen molar-refractivity contribution in [3.8, 4) is 6.07 Å². The van der Waals surface area contributed by atoms with Crippen molar-refractivity contribution in [2.75, 3.05) is 5.32 Å². The lowest BCUT2D eigenvalue weighted by Gasteiger charge is -2.29. The molecule has 0 aliphatic carbocycles. The lowest BCUT2D eigenvalue weighted by molar-refractivity contribution is -0.113. The smallest absolute Gasteiger partial charge is 0.254 e. The summed E-state index contributed by atoms with van der Waals surface area (Å²) in [5.74, 6) is -0.0350. The lowest BCUT2D eigenvalue weighted by atomic mass is 9.86. The number of halogens is 1. The van der Waals surface area contributed by atoms with E-state index >= 15 is 0 Å². The fourth-order valence-electron chi connectivity index (χ4n) is 3.74. The number of amides is 1. The van der Waals surface area contributed by atoms with Crippen LogP contribution in [0.15, 0.2) is 87.9 Å². The minimum absolute atomic E-state index is 0.212. The van der Waals surface area contributed by atoms with Gasteiger partial charge in [0.2, 0.25) is 0 Å². The Bertz CT molecular complexity index is 1290. The molecule has 33 heavy (non-hydrogen) atoms. The van der Waals surface area contributed by atoms with Crippen LogP contribution >= 0.6 is 34.7 Å². The molecule has 2 N–H and O–H groups in total. The summed E-state index contributed by atoms with van der Waals surface area (Å²) in [5, 5.41) is 19.9. The molecule has 0 spiro atoms. The largest absolute Gasteiger partial charge is 0.353 e. The van der Waals surface area contributed by atoms with Gasteiger partial charge in [-0.15, -0.1) is 23.1 Å². The summed E-state index contributed by atoms with van der Waals surface area (Å²) in [6.07, 6.45) is 0. The van der Waals surface area contributed by atoms with Gasteiger partial charge < -0.3 is 10.6 Å². The van der Waals surface area contributed by atoms with Gasteiger partial charge in [-0.3, -0.25) is 4.79 Å². The molecular formula is C26H22ClN3OS2. The maximum absolute atomic E-state index is 13.5. The molecule has 1 aliphatic heterocycles. The van der Waals surface area contributed by atoms with Gasteiger partial charge in [0.25, 0.3) is 5.91 Å². The Morgan fingerprint density at radius 3 is 2.61 bits per heavy atom. The summed E-state index contributed by atoms with van der Waals surface area (Å²) in [6.45, 7) is 3.84. The number of nitriles is 1. The summed E-state index contributed by atoms with van der Waals surface area (Å²) < 4.78 is 0. The first-order valence-electron chi connectivity index (χ1n) is 10.4. The van der Waals surface area contributed by atoms with Gasteiger partial charge >= 0.3 is 0 Å². The summed E-state index contributed by atoms with van der Waals surface area (Å²) >= 11 is 9.40. The van der Waals surface area contributed by atoms with Gasteiger partial charge in [0, 0.05) is 32.6 Å². The van der Waals surface area contributed by atoms with Crippen LogP contribution in [0.3, 0.4) is 0 Å². The first-order valence-corrected chi connectivity index (χ1v) is 12.6. The Morgan fingerprint density at radius 2 is 1.91 bits per heavy atom. The molecule has 4 rings (SSSR count). The second-order valence-corrected chi connectivity index (χ2v) is 9.99. The Balaban J connectivity index is 1.69. The Morgan fingerprint density at radius 1 is 1.15 bits per heavy atom. The van der Waals surface area contributed by atoms with Crippen molar-refractivity contribution in [1.29, 1.82) is 5.26 Å². The average molecular weight is 492 g/mol. The standard InChI is InChI=1S/C26H22ClN3OS2/c1-16-8-3-6-11-21(16)30-25(31)23-17(2)29-26(33-15-18-9-4-5-10-20(18)27)19(14-28)24(23)22-12-7-13-32-22/h3-13,24,29H,15H2,1-2H3,(H,30,31). The minimum atomic E-state index is -0.436. The van der Waals surface area contributed by atoms with Crippen molar-refractivity contribution in [2.45, 2.75) is 25.5 Å². The van der Waals surface area contributed by atoms with Crippen LogP contribution in [0.1, 0.15) is 28.8 Å². The van der Waals surface area contributed by atoms with Crippen LogP contribution in [0.5, 0.6) is 0 Å². The molecule has 0 bridgehead atoms. The van der Waals surface area contributed by atoms with E-state index in [0.717, 1.165) is 32.4 Å². The zero-order valence-corrected chi connectivity index (χ0v) is 20.6. The van der Waals surface area contributed by atoms with Gasteiger partial charge in [0.1, 0.15) is 0 Å². The SMILES string of the molecule is CC1=C(C(=O)Nc2ccccc2C)C(c2cccs2)C(C#N)=C(SCc2ccccc2Cl)N1. The van der Waals surface area contributed by atoms with E-state index < -0.39 is 5.92 Å². The Kier molecular flexibility index (Phi) is 7.24. The highest BCUT2D eigenvalue weighted by Crippen LogP contribution is 2.43. The maximum atomic E-state index is 13.5. The van der Waals surface area contributed by atoms with Gasteiger partial charge in [-0.25, -0.2) is 0 Å². The molecular weight excluding hydrogens is 470 g/mol. The summed E-state index contributed by atoms with van der Waals surface area (Å²) in [4.78, 5) is 14.4. The zero-order chi connectivity index (χ0) is 23.4. The number of carbonyl (C=O) groups excluding carboxylic acids is 1. The minimum Gasteiger partial charge on any atom is -0.353 e. The quantitative estimate of drug-likeness (QED) is 0.390. The van der Waals surface area contributed by atoms with Crippen molar-refractivity contribution in [2.24, 2.45) is 0 Å². The molecule has 3 aromatic rings. The van der Waals surface area contributed by atoms with Crippen molar-refractivity contribution < 1.29 is 4.79 Å². The number of carbonyl (C=O) groups is 1. The van der Waals surface area contributed by atoms with Crippen molar-refractivity contribution >= 4 is 46.3 Å². The van der Waals surface area contributed by atoms with Gasteiger partial charge in [-0.2, -0.15) is 5.26 Å². The summed E-state index contributed by atoms with van der Waals surface area (Å²) in [7, 11) is 0. The van der Waals surface area contributed by atoms with Crippen LogP contribution in [-0.2, 0) is 10.5 Å². The first kappa shape index (κ1) is 23.2. The Labute approximate surface area is 207 Å². The number of benzene rings is 2. The highest BCUT2D eigenvalue weighted by molar-refractivity contribution is 8.02. The third kappa shape index (κ3) is 5.01. The van der Waals surface area contributed by atoms with E-state index in [1.54, 1.807) is 11.3 Å². The average Bonchev–Trinajstić information content (AvgIpc) is 3.34. The number of nitrogens with zero attached hydrogens (tertiary/aromatic N) is 1. The molecule has 1 aromatic heterocycles. The molecule has 0 fully saturated rings. The molecule has 1 amide bonds. The molecule has 2 aromatic carbocycles. The van der Waals surface area contributed by atoms with Crippen LogP contribution in [0, 0.1) is 18.3 Å². The molecule has 1 aliphatic rings. The van der Waals surface area contributed by atoms with Crippen molar-refractivity contribution in [3.05, 3.63) is 109 Å². The number of hydrogen-bond donors (Lipinski definition) is 2. The molecule has 0 saturated heterocycles. The van der Waals surface area contributed by atoms with Crippen LogP contribution in [0.2, 0.25) is 5.02 Å². The number of hydrogen-bond acceptors (Lipinski definition) is 5. The van der Waals surface area contributed by atoms with Gasteiger partial charge in [0.05, 0.1) is 22.6 Å². The predicted octanol–water partition coefficient (Wildman–Crippen LogP) is 6.98. The second-order valence-electron chi connectivity index (χ2n) is 7.62. The number of thioether (sulfide) groups is 1. The third-order valence-corrected chi connectivity index (χ3v) is 7.81. The fraction of sp³-hybridized carbons (Fsp3) is 0.154. The molecule has 0 radical (unpaired) electrons. The number of nitrogens with one attached hydrogen (secondary N) is 2. The van der Waals surface area contributed by atoms with E-state index in [9.17, 15) is 10.1 Å². The fourth-order valence-corrected chi connectivity index (χ4v) is 5.96. The second kappa shape index (κ2) is 10.3. The maximum Gasteiger partial charge on any atom is 0.254 e. The van der Waals surface area contributed by atoms with Crippen LogP contribution in [0.25, 0.3) is 0 Å². The highest BCUT2D eigenvalue weighted by atomic mass is 35.5. The summed E-state index contributed by atoms with van der Waals surface area (Å²) in [6, 6.07) is 21.6. The van der Waals surface area contributed by atoms with Gasteiger partial charge in [-0.1, -0.05) is 54.1 Å². The van der Waals surface area contributed by atoms with E-state index in [0.29, 0.717) is 21.9 Å². The van der Waals surface area contributed by atoms with Crippen LogP contribution in [-0.4, -0.2) is 5.91 Å². The van der Waals surface area contributed by atoms with Crippen molar-refractivity contribution in [1.82, 2.24) is 5.32 Å². The van der Waals surface area contributed by atoms with E-state index in [1.807, 2.05) is 79.9 Å². The normalized spacial score (nSPS) is 15.8. The monoisotopic (exact) mass is 491 g/mol. The molecule has 2 heterocycles. The molecule has 1 atom stereocenters. The number of para-hydroxylation sites is 1. The summed E-state index contributed by atoms with van der Waals surface area (Å²) in [5.41, 5.74) is 4.56. The van der Waals surface area contributed by atoms with Crippen molar-refractivity contribution in [3.63, 3.8) is 0 Å². The molecule has 1 unspecified atom stereocenters. The number of allylic oxidation sites excluding steroid dienone is 2. The van der Waals surface area contributed by atoms with E-state index in [1.165, 1.54) is 11.8 Å². The van der Waals surface area contributed by atoms with Crippen LogP contribution in [0.4, 0.5) is 5.69 Å². The predicted molar refractivity (Wildman–Crippen MR) is 138 cm³/mol. The zero-order valence-electron chi connectivity index (χ0n) is 18.2. The third-order valence-electron chi connectivity index (χ3n) is 5.44. The number of rotatable bonds is 6. The van der Waals surface area contributed by atoms with E-state index in [4.69, 9.17) is 11.6 Å². The highest BCUT2D eigenvalue weighted by Gasteiger charge is 2.35. The molecule has 7 heteroatoms. The molecule has 0 saturated carbocycles. The Hall–Kier alpha value is -2.98. The number of thiophene rings is 1. The molecule has 166 valence electrons. The first-order chi connectivity index (χ1) is 16.0. The lowest BCUT2D eigenvalue weighted by Crippen LogP contribution is -2.30. The number of aryl methyl sites for hydroxylation is 1. The van der Waals surface area contributed by atoms with Gasteiger partial charge in [0.15, 0.2) is 0 Å². The van der Waals surface area contributed by atoms with Gasteiger partial charge in [-0.05, 0) is 48.6 Å². The number of dihydropyridines is 1. The topological polar surface area (TPSA) is 64.9 Å².